The molecule has 0 heteroatoms. The predicted octanol–water partition coefficient (Wildman–Crippen LogP) is 30.0. The molecular formula is C102H106. The maximum absolute atomic E-state index is 2.57. The molecule has 0 spiro atoms. The lowest BCUT2D eigenvalue weighted by molar-refractivity contribution is 0.568. The van der Waals surface area contributed by atoms with Crippen molar-refractivity contribution in [3.8, 4) is 111 Å². The van der Waals surface area contributed by atoms with Crippen molar-refractivity contribution < 1.29 is 0 Å². The monoisotopic (exact) mass is 1330 g/mol. The van der Waals surface area contributed by atoms with Gasteiger partial charge in [-0.15, -0.1) is 0 Å². The fourth-order valence-corrected chi connectivity index (χ4v) is 16.8. The molecular weight excluding hydrogens is 1230 g/mol. The topological polar surface area (TPSA) is 0 Å². The molecule has 0 fully saturated rings. The first-order valence-electron chi connectivity index (χ1n) is 37.7. The second-order valence-electron chi connectivity index (χ2n) is 38.6. The zero-order valence-corrected chi connectivity index (χ0v) is 65.6. The van der Waals surface area contributed by atoms with E-state index in [2.05, 4.69) is 372 Å². The van der Waals surface area contributed by atoms with Gasteiger partial charge < -0.3 is 0 Å². The van der Waals surface area contributed by atoms with Crippen molar-refractivity contribution in [2.75, 3.05) is 0 Å². The summed E-state index contributed by atoms with van der Waals surface area (Å²) in [6.45, 7) is 57.3. The Morgan fingerprint density at radius 1 is 0.147 bits per heavy atom. The Morgan fingerprint density at radius 3 is 0.549 bits per heavy atom. The zero-order chi connectivity index (χ0) is 72.8. The van der Waals surface area contributed by atoms with E-state index >= 15 is 0 Å². The van der Waals surface area contributed by atoms with Crippen LogP contribution in [-0.2, 0) is 43.3 Å². The molecule has 0 radical (unpaired) electrons. The number of fused-ring (bicyclic) bond motifs is 9. The van der Waals surface area contributed by atoms with Gasteiger partial charge >= 0.3 is 0 Å². The van der Waals surface area contributed by atoms with Gasteiger partial charge in [-0.05, 0) is 242 Å². The molecule has 0 saturated carbocycles. The molecule has 15 rings (SSSR count). The molecule has 102 heavy (non-hydrogen) atoms. The molecule has 0 amide bonds. The molecule has 0 nitrogen and oxygen atoms in total. The molecule has 2 aliphatic carbocycles. The van der Waals surface area contributed by atoms with E-state index in [0.29, 0.717) is 0 Å². The van der Waals surface area contributed by atoms with Gasteiger partial charge in [0.2, 0.25) is 0 Å². The van der Waals surface area contributed by atoms with Gasteiger partial charge in [0.1, 0.15) is 0 Å². The van der Waals surface area contributed by atoms with Crippen molar-refractivity contribution in [3.05, 3.63) is 251 Å². The van der Waals surface area contributed by atoms with E-state index in [1.54, 1.807) is 0 Å². The van der Waals surface area contributed by atoms with Gasteiger partial charge in [-0.1, -0.05) is 372 Å². The van der Waals surface area contributed by atoms with E-state index in [1.807, 2.05) is 0 Å². The summed E-state index contributed by atoms with van der Waals surface area (Å²) in [4.78, 5) is 0. The third-order valence-electron chi connectivity index (χ3n) is 22.9. The summed E-state index contributed by atoms with van der Waals surface area (Å²) < 4.78 is 0. The van der Waals surface area contributed by atoms with Crippen molar-refractivity contribution in [1.29, 1.82) is 0 Å². The Balaban J connectivity index is 1.20. The van der Waals surface area contributed by atoms with Crippen LogP contribution in [0, 0.1) is 0 Å². The zero-order valence-electron chi connectivity index (χ0n) is 65.6. The van der Waals surface area contributed by atoms with Crippen molar-refractivity contribution in [1.82, 2.24) is 0 Å². The van der Waals surface area contributed by atoms with Gasteiger partial charge in [-0.2, -0.15) is 0 Å². The van der Waals surface area contributed by atoms with Crippen LogP contribution in [0.15, 0.2) is 206 Å². The quantitative estimate of drug-likeness (QED) is 0.146. The molecule has 0 atom stereocenters. The molecule has 0 heterocycles. The third kappa shape index (κ3) is 11.3. The Bertz CT molecular complexity index is 5160. The highest BCUT2D eigenvalue weighted by Gasteiger charge is 2.40. The largest absolute Gasteiger partial charge is 0.0622 e. The minimum Gasteiger partial charge on any atom is -0.0622 e. The smallest absolute Gasteiger partial charge is 0.000116 e. The summed E-state index contributed by atoms with van der Waals surface area (Å²) in [5.41, 5.74) is 35.5. The first-order chi connectivity index (χ1) is 47.7. The maximum atomic E-state index is 2.57. The molecule has 514 valence electrons. The van der Waals surface area contributed by atoms with Crippen LogP contribution in [0.25, 0.3) is 154 Å². The molecule has 0 saturated heterocycles. The van der Waals surface area contributed by atoms with Crippen LogP contribution in [0.2, 0.25) is 0 Å². The normalized spacial score (nSPS) is 13.5. The number of benzene rings is 13. The first kappa shape index (κ1) is 68.7. The summed E-state index contributed by atoms with van der Waals surface area (Å²) in [5, 5.41) is 10.3. The molecule has 0 N–H and O–H groups in total. The summed E-state index contributed by atoms with van der Waals surface area (Å²) in [6, 6.07) is 82.8. The van der Waals surface area contributed by atoms with E-state index in [1.165, 1.54) is 199 Å². The van der Waals surface area contributed by atoms with Crippen molar-refractivity contribution >= 4 is 43.1 Å². The second kappa shape index (κ2) is 23.2. The molecule has 0 unspecified atom stereocenters. The van der Waals surface area contributed by atoms with Crippen LogP contribution in [0.5, 0.6) is 0 Å². The van der Waals surface area contributed by atoms with Gasteiger partial charge in [0.15, 0.2) is 0 Å². The SMILES string of the molecule is CC(C)(C)c1cc(-c2c3c(c(-c4cc(C(C)(C)C)cc(C(C)(C)C)c4)c4ccccc24)-c2ccc4c5c(ccc-3c25)-c2c-4c(-c3ccccc3)c3c(-c4cc(C(C)(C)C)cc(C(C)(C)C)c4)c4ccccc4c(-c4cc(C(C)(C)C)cc(C(C)(C)C)c4)c3c2-c2ccccc2)cc(C(C)(C)C)c1. The number of hydrogen-bond donors (Lipinski definition) is 0. The fraction of sp³-hybridized carbons (Fsp3) is 0.314. The summed E-state index contributed by atoms with van der Waals surface area (Å²) in [6.07, 6.45) is 0. The van der Waals surface area contributed by atoms with Crippen molar-refractivity contribution in [3.63, 3.8) is 0 Å². The molecule has 0 bridgehead atoms. The number of hydrogen-bond acceptors (Lipinski definition) is 0. The predicted molar refractivity (Wildman–Crippen MR) is 448 cm³/mol. The number of rotatable bonds is 6. The molecule has 0 aliphatic heterocycles. The Labute approximate surface area is 610 Å². The lowest BCUT2D eigenvalue weighted by Gasteiger charge is -2.30. The highest BCUT2D eigenvalue weighted by molar-refractivity contribution is 6.39. The lowest BCUT2D eigenvalue weighted by Crippen LogP contribution is -2.17. The van der Waals surface area contributed by atoms with Crippen LogP contribution >= 0.6 is 0 Å². The van der Waals surface area contributed by atoms with E-state index in [0.717, 1.165) is 0 Å². The Hall–Kier alpha value is -9.10. The van der Waals surface area contributed by atoms with Crippen LogP contribution in [-0.4, -0.2) is 0 Å². The average Bonchev–Trinajstić information content (AvgIpc) is 1.45. The molecule has 13 aromatic carbocycles. The van der Waals surface area contributed by atoms with Crippen LogP contribution in [0.3, 0.4) is 0 Å². The van der Waals surface area contributed by atoms with E-state index in [4.69, 9.17) is 0 Å². The van der Waals surface area contributed by atoms with E-state index in [9.17, 15) is 0 Å². The Kier molecular flexibility index (Phi) is 15.6. The van der Waals surface area contributed by atoms with Gasteiger partial charge in [-0.25, -0.2) is 0 Å². The van der Waals surface area contributed by atoms with Gasteiger partial charge in [0.05, 0.1) is 0 Å². The van der Waals surface area contributed by atoms with E-state index < -0.39 is 0 Å². The second-order valence-corrected chi connectivity index (χ2v) is 38.6. The Morgan fingerprint density at radius 2 is 0.333 bits per heavy atom. The van der Waals surface area contributed by atoms with E-state index in [-0.39, 0.29) is 43.3 Å². The molecule has 2 aliphatic rings. The average molecular weight is 1330 g/mol. The first-order valence-corrected chi connectivity index (χ1v) is 37.7. The minimum absolute atomic E-state index is 0.0976. The summed E-state index contributed by atoms with van der Waals surface area (Å²) in [7, 11) is 0. The summed E-state index contributed by atoms with van der Waals surface area (Å²) >= 11 is 0. The van der Waals surface area contributed by atoms with Crippen LogP contribution < -0.4 is 0 Å². The van der Waals surface area contributed by atoms with Gasteiger partial charge in [0.25, 0.3) is 0 Å². The maximum Gasteiger partial charge on any atom is -0.000116 e. The van der Waals surface area contributed by atoms with Crippen molar-refractivity contribution in [2.24, 2.45) is 0 Å². The molecule has 0 aromatic heterocycles. The fourth-order valence-electron chi connectivity index (χ4n) is 16.8. The highest BCUT2D eigenvalue weighted by Crippen LogP contribution is 2.67. The highest BCUT2D eigenvalue weighted by atomic mass is 14.4. The van der Waals surface area contributed by atoms with Crippen LogP contribution in [0.1, 0.15) is 211 Å². The minimum atomic E-state index is -0.131. The third-order valence-corrected chi connectivity index (χ3v) is 22.9. The molecule has 13 aromatic rings. The standard InChI is InChI=1S/C102H106/c1-95(2,3)65-47-61(48-66(55-65)96(4,5)6)81-73-39-31-32-40-74(73)82(62-49-67(97(7,8)9)56-68(50-62)98(10,11)12)90-78-44-46-80-88-79(45-43-77(87(78)88)89(81)90)91-85(59-35-27-25-28-36-59)93-83(63-51-69(99(13,14)15)57-70(52-63)100(16,17)18)75-41-33-34-42-76(75)84(94(93)86(92(80)91)60-37-29-26-30-38-60)64-53-71(101(19,20)21)58-72(54-64)102(22,23)24/h25-58H,1-24H3. The summed E-state index contributed by atoms with van der Waals surface area (Å²) in [5.74, 6) is 0. The van der Waals surface area contributed by atoms with Crippen LogP contribution in [0.4, 0.5) is 0 Å². The van der Waals surface area contributed by atoms with Gasteiger partial charge in [0, 0.05) is 0 Å². The lowest BCUT2D eigenvalue weighted by atomic mass is 9.73. The van der Waals surface area contributed by atoms with Gasteiger partial charge in [-0.3, -0.25) is 0 Å². The van der Waals surface area contributed by atoms with Crippen molar-refractivity contribution in [2.45, 2.75) is 209 Å².